The molecule has 0 unspecified atom stereocenters. The Hall–Kier alpha value is -1.47. The van der Waals surface area contributed by atoms with E-state index in [-0.39, 0.29) is 5.91 Å². The van der Waals surface area contributed by atoms with E-state index < -0.39 is 0 Å². The minimum Gasteiger partial charge on any atom is -0.497 e. The van der Waals surface area contributed by atoms with Gasteiger partial charge in [-0.1, -0.05) is 11.6 Å². The van der Waals surface area contributed by atoms with Gasteiger partial charge in [0.2, 0.25) is 0 Å². The Morgan fingerprint density at radius 1 is 1.14 bits per heavy atom. The molecular formula is C15H13ClINO3. The number of anilines is 1. The number of hydrogen-bond acceptors (Lipinski definition) is 3. The maximum atomic E-state index is 12.4. The van der Waals surface area contributed by atoms with Crippen LogP contribution in [0.5, 0.6) is 11.5 Å². The van der Waals surface area contributed by atoms with E-state index >= 15 is 0 Å². The molecule has 1 amide bonds. The van der Waals surface area contributed by atoms with Crippen molar-refractivity contribution < 1.29 is 14.3 Å². The van der Waals surface area contributed by atoms with Gasteiger partial charge in [-0.25, -0.2) is 0 Å². The van der Waals surface area contributed by atoms with Crippen molar-refractivity contribution in [3.63, 3.8) is 0 Å². The molecular weight excluding hydrogens is 405 g/mol. The van der Waals surface area contributed by atoms with Crippen molar-refractivity contribution in [3.05, 3.63) is 50.6 Å². The molecule has 0 saturated heterocycles. The van der Waals surface area contributed by atoms with E-state index in [4.69, 9.17) is 21.1 Å². The van der Waals surface area contributed by atoms with E-state index in [0.717, 1.165) is 3.57 Å². The Morgan fingerprint density at radius 2 is 1.90 bits per heavy atom. The second-order valence-electron chi connectivity index (χ2n) is 4.14. The zero-order chi connectivity index (χ0) is 15.4. The third-order valence-electron chi connectivity index (χ3n) is 2.83. The van der Waals surface area contributed by atoms with E-state index in [0.29, 0.717) is 27.8 Å². The molecule has 0 aromatic heterocycles. The fourth-order valence-electron chi connectivity index (χ4n) is 1.77. The van der Waals surface area contributed by atoms with Crippen LogP contribution in [0.25, 0.3) is 0 Å². The van der Waals surface area contributed by atoms with Gasteiger partial charge < -0.3 is 14.8 Å². The average Bonchev–Trinajstić information content (AvgIpc) is 2.49. The molecule has 1 N–H and O–H groups in total. The van der Waals surface area contributed by atoms with E-state index in [1.807, 2.05) is 0 Å². The summed E-state index contributed by atoms with van der Waals surface area (Å²) in [5.41, 5.74) is 1.09. The molecule has 21 heavy (non-hydrogen) atoms. The molecule has 2 rings (SSSR count). The van der Waals surface area contributed by atoms with Crippen molar-refractivity contribution in [1.82, 2.24) is 0 Å². The summed E-state index contributed by atoms with van der Waals surface area (Å²) in [4.78, 5) is 12.4. The van der Waals surface area contributed by atoms with Gasteiger partial charge in [0.15, 0.2) is 0 Å². The number of carbonyl (C=O) groups excluding carboxylic acids is 1. The summed E-state index contributed by atoms with van der Waals surface area (Å²) in [5, 5.41) is 3.46. The fraction of sp³-hybridized carbons (Fsp3) is 0.133. The maximum absolute atomic E-state index is 12.4. The number of halogens is 2. The summed E-state index contributed by atoms with van der Waals surface area (Å²) in [7, 11) is 3.07. The van der Waals surface area contributed by atoms with Crippen LogP contribution in [0.4, 0.5) is 5.69 Å². The predicted molar refractivity (Wildman–Crippen MR) is 91.7 cm³/mol. The molecule has 0 heterocycles. The molecule has 0 aliphatic carbocycles. The fourth-order valence-corrected chi connectivity index (χ4v) is 2.78. The van der Waals surface area contributed by atoms with Gasteiger partial charge in [0.25, 0.3) is 5.91 Å². The molecule has 4 nitrogen and oxygen atoms in total. The molecule has 0 aliphatic heterocycles. The lowest BCUT2D eigenvalue weighted by Gasteiger charge is -2.12. The first-order valence-electron chi connectivity index (χ1n) is 6.03. The minimum absolute atomic E-state index is 0.272. The first kappa shape index (κ1) is 15.9. The van der Waals surface area contributed by atoms with Crippen LogP contribution < -0.4 is 14.8 Å². The third kappa shape index (κ3) is 3.79. The number of benzene rings is 2. The van der Waals surface area contributed by atoms with E-state index in [9.17, 15) is 4.79 Å². The minimum atomic E-state index is -0.272. The van der Waals surface area contributed by atoms with Crippen LogP contribution in [0.3, 0.4) is 0 Å². The zero-order valence-corrected chi connectivity index (χ0v) is 14.4. The quantitative estimate of drug-likeness (QED) is 0.758. The van der Waals surface area contributed by atoms with Gasteiger partial charge in [-0.15, -0.1) is 0 Å². The van der Waals surface area contributed by atoms with Crippen molar-refractivity contribution in [2.45, 2.75) is 0 Å². The standard InChI is InChI=1S/C15H13ClINO3/c1-20-10-4-6-14(21-2)11(8-10)15(19)18-13-5-3-9(16)7-12(13)17/h3-8H,1-2H3,(H,18,19). The number of ether oxygens (including phenoxy) is 2. The van der Waals surface area contributed by atoms with Crippen molar-refractivity contribution >= 4 is 45.8 Å². The zero-order valence-electron chi connectivity index (χ0n) is 11.4. The first-order chi connectivity index (χ1) is 10.0. The summed E-state index contributed by atoms with van der Waals surface area (Å²) in [6, 6.07) is 10.3. The Morgan fingerprint density at radius 3 is 2.52 bits per heavy atom. The molecule has 2 aromatic rings. The average molecular weight is 418 g/mol. The molecule has 0 radical (unpaired) electrons. The molecule has 0 bridgehead atoms. The number of nitrogens with one attached hydrogen (secondary N) is 1. The SMILES string of the molecule is COc1ccc(OC)c(C(=O)Nc2ccc(Cl)cc2I)c1. The van der Waals surface area contributed by atoms with Crippen molar-refractivity contribution in [1.29, 1.82) is 0 Å². The largest absolute Gasteiger partial charge is 0.497 e. The molecule has 6 heteroatoms. The molecule has 2 aromatic carbocycles. The summed E-state index contributed by atoms with van der Waals surface area (Å²) in [6.07, 6.45) is 0. The van der Waals surface area contributed by atoms with Crippen LogP contribution in [0.1, 0.15) is 10.4 Å². The third-order valence-corrected chi connectivity index (χ3v) is 3.96. The molecule has 110 valence electrons. The van der Waals surface area contributed by atoms with E-state index in [1.165, 1.54) is 7.11 Å². The second kappa shape index (κ2) is 7.00. The highest BCUT2D eigenvalue weighted by molar-refractivity contribution is 14.1. The molecule has 0 spiro atoms. The van der Waals surface area contributed by atoms with Gasteiger partial charge in [-0.2, -0.15) is 0 Å². The van der Waals surface area contributed by atoms with Gasteiger partial charge in [0, 0.05) is 8.59 Å². The number of amides is 1. The first-order valence-corrected chi connectivity index (χ1v) is 7.49. The second-order valence-corrected chi connectivity index (χ2v) is 5.74. The summed E-state index contributed by atoms with van der Waals surface area (Å²) < 4.78 is 11.2. The highest BCUT2D eigenvalue weighted by Gasteiger charge is 2.15. The van der Waals surface area contributed by atoms with Crippen LogP contribution in [-0.2, 0) is 0 Å². The number of carbonyl (C=O) groups is 1. The lowest BCUT2D eigenvalue weighted by molar-refractivity contribution is 0.102. The monoisotopic (exact) mass is 417 g/mol. The molecule has 0 fully saturated rings. The number of hydrogen-bond donors (Lipinski definition) is 1. The van der Waals surface area contributed by atoms with Gasteiger partial charge in [-0.3, -0.25) is 4.79 Å². The van der Waals surface area contributed by atoms with Crippen LogP contribution in [-0.4, -0.2) is 20.1 Å². The lowest BCUT2D eigenvalue weighted by Crippen LogP contribution is -2.14. The predicted octanol–water partition coefficient (Wildman–Crippen LogP) is 4.21. The normalized spacial score (nSPS) is 10.1. The van der Waals surface area contributed by atoms with Gasteiger partial charge >= 0.3 is 0 Å². The lowest BCUT2D eigenvalue weighted by atomic mass is 10.1. The molecule has 0 aliphatic rings. The molecule has 0 saturated carbocycles. The van der Waals surface area contributed by atoms with Crippen LogP contribution >= 0.6 is 34.2 Å². The highest BCUT2D eigenvalue weighted by atomic mass is 127. The van der Waals surface area contributed by atoms with Crippen LogP contribution in [0, 0.1) is 3.57 Å². The number of rotatable bonds is 4. The topological polar surface area (TPSA) is 47.6 Å². The van der Waals surface area contributed by atoms with E-state index in [2.05, 4.69) is 27.9 Å². The van der Waals surface area contributed by atoms with Crippen LogP contribution in [0.2, 0.25) is 5.02 Å². The number of methoxy groups -OCH3 is 2. The van der Waals surface area contributed by atoms with Crippen LogP contribution in [0.15, 0.2) is 36.4 Å². The van der Waals surface area contributed by atoms with E-state index in [1.54, 1.807) is 43.5 Å². The highest BCUT2D eigenvalue weighted by Crippen LogP contribution is 2.27. The van der Waals surface area contributed by atoms with Gasteiger partial charge in [0.05, 0.1) is 25.5 Å². The smallest absolute Gasteiger partial charge is 0.259 e. The Labute approximate surface area is 141 Å². The molecule has 0 atom stereocenters. The summed E-state index contributed by atoms with van der Waals surface area (Å²) in [5.74, 6) is 0.801. The summed E-state index contributed by atoms with van der Waals surface area (Å²) >= 11 is 8.02. The maximum Gasteiger partial charge on any atom is 0.259 e. The Kier molecular flexibility index (Phi) is 5.30. The Bertz CT molecular complexity index is 676. The van der Waals surface area contributed by atoms with Gasteiger partial charge in [0.1, 0.15) is 11.5 Å². The van der Waals surface area contributed by atoms with Crippen molar-refractivity contribution in [2.24, 2.45) is 0 Å². The summed E-state index contributed by atoms with van der Waals surface area (Å²) in [6.45, 7) is 0. The van der Waals surface area contributed by atoms with Gasteiger partial charge in [-0.05, 0) is 59.0 Å². The van der Waals surface area contributed by atoms with Crippen molar-refractivity contribution in [2.75, 3.05) is 19.5 Å². The Balaban J connectivity index is 2.31. The van der Waals surface area contributed by atoms with Crippen molar-refractivity contribution in [3.8, 4) is 11.5 Å².